The molecule has 0 aromatic carbocycles. The highest BCUT2D eigenvalue weighted by Gasteiger charge is 2.35. The molecular formula is C6H13Br2N. The summed E-state index contributed by atoms with van der Waals surface area (Å²) in [4.78, 5) is 0. The van der Waals surface area contributed by atoms with E-state index in [2.05, 4.69) is 30.0 Å². The van der Waals surface area contributed by atoms with E-state index >= 15 is 0 Å². The number of likely N-dealkylation sites (tertiary alicyclic amines) is 1. The van der Waals surface area contributed by atoms with Crippen LogP contribution >= 0.6 is 15.9 Å². The van der Waals surface area contributed by atoms with Gasteiger partial charge in [-0.1, -0.05) is 15.9 Å². The number of alkyl halides is 1. The van der Waals surface area contributed by atoms with E-state index in [1.165, 1.54) is 22.9 Å². The van der Waals surface area contributed by atoms with Crippen molar-refractivity contribution in [1.29, 1.82) is 0 Å². The van der Waals surface area contributed by atoms with E-state index in [-0.39, 0.29) is 17.0 Å². The van der Waals surface area contributed by atoms with Gasteiger partial charge in [0.1, 0.15) is 0 Å². The third-order valence-corrected chi connectivity index (χ3v) is 2.64. The molecule has 0 aromatic rings. The van der Waals surface area contributed by atoms with Crippen LogP contribution in [0.1, 0.15) is 0 Å². The molecule has 0 amide bonds. The van der Waals surface area contributed by atoms with Crippen LogP contribution in [0, 0.1) is 5.92 Å². The van der Waals surface area contributed by atoms with Crippen LogP contribution in [-0.2, 0) is 0 Å². The van der Waals surface area contributed by atoms with Gasteiger partial charge < -0.3 is 21.5 Å². The van der Waals surface area contributed by atoms with Gasteiger partial charge in [-0.3, -0.25) is 0 Å². The molecule has 1 heterocycles. The third kappa shape index (κ3) is 2.56. The molecule has 1 nitrogen and oxygen atoms in total. The van der Waals surface area contributed by atoms with Gasteiger partial charge in [-0.25, -0.2) is 0 Å². The minimum absolute atomic E-state index is 0. The first-order valence-electron chi connectivity index (χ1n) is 3.02. The van der Waals surface area contributed by atoms with Crippen LogP contribution in [0.4, 0.5) is 0 Å². The van der Waals surface area contributed by atoms with Crippen LogP contribution in [0.25, 0.3) is 0 Å². The monoisotopic (exact) mass is 257 g/mol. The molecule has 56 valence electrons. The average Bonchev–Trinajstić information content (AvgIpc) is 1.60. The van der Waals surface area contributed by atoms with Crippen molar-refractivity contribution in [1.82, 2.24) is 0 Å². The first kappa shape index (κ1) is 9.92. The minimum Gasteiger partial charge on any atom is -1.00 e. The summed E-state index contributed by atoms with van der Waals surface area (Å²) in [6.45, 7) is 2.70. The molecular weight excluding hydrogens is 246 g/mol. The van der Waals surface area contributed by atoms with E-state index in [1.54, 1.807) is 0 Å². The maximum atomic E-state index is 3.47. The highest BCUT2D eigenvalue weighted by atomic mass is 79.9. The summed E-state index contributed by atoms with van der Waals surface area (Å²) in [5.74, 6) is 0.949. The van der Waals surface area contributed by atoms with Crippen molar-refractivity contribution in [3.05, 3.63) is 0 Å². The first-order chi connectivity index (χ1) is 3.64. The Balaban J connectivity index is 0.000000640. The first-order valence-corrected chi connectivity index (χ1v) is 4.14. The molecule has 1 rings (SSSR count). The highest BCUT2D eigenvalue weighted by Crippen LogP contribution is 2.21. The Bertz CT molecular complexity index is 85.1. The van der Waals surface area contributed by atoms with Crippen molar-refractivity contribution in [3.63, 3.8) is 0 Å². The fourth-order valence-corrected chi connectivity index (χ4v) is 1.85. The van der Waals surface area contributed by atoms with Crippen LogP contribution < -0.4 is 17.0 Å². The maximum Gasteiger partial charge on any atom is 0.0874 e. The summed E-state index contributed by atoms with van der Waals surface area (Å²) in [6, 6.07) is 0. The predicted octanol–water partition coefficient (Wildman–Crippen LogP) is -1.91. The summed E-state index contributed by atoms with van der Waals surface area (Å²) in [7, 11) is 4.55. The van der Waals surface area contributed by atoms with E-state index in [9.17, 15) is 0 Å². The largest absolute Gasteiger partial charge is 1.00 e. The second kappa shape index (κ2) is 3.35. The zero-order valence-corrected chi connectivity index (χ0v) is 9.07. The molecule has 0 radical (unpaired) electrons. The van der Waals surface area contributed by atoms with Crippen LogP contribution in [0.5, 0.6) is 0 Å². The van der Waals surface area contributed by atoms with E-state index < -0.39 is 0 Å². The van der Waals surface area contributed by atoms with Gasteiger partial charge in [0.2, 0.25) is 0 Å². The molecule has 3 heteroatoms. The predicted molar refractivity (Wildman–Crippen MR) is 39.1 cm³/mol. The van der Waals surface area contributed by atoms with E-state index in [1.807, 2.05) is 0 Å². The molecule has 0 spiro atoms. The Morgan fingerprint density at radius 1 is 1.44 bits per heavy atom. The van der Waals surface area contributed by atoms with Crippen LogP contribution in [0.3, 0.4) is 0 Å². The maximum absolute atomic E-state index is 3.47. The van der Waals surface area contributed by atoms with Crippen molar-refractivity contribution in [2.75, 3.05) is 32.5 Å². The number of hydrogen-bond donors (Lipinski definition) is 0. The Kier molecular flexibility index (Phi) is 3.69. The Labute approximate surface area is 75.9 Å². The van der Waals surface area contributed by atoms with E-state index in [4.69, 9.17) is 0 Å². The smallest absolute Gasteiger partial charge is 0.0874 e. The minimum atomic E-state index is 0. The number of halogens is 2. The third-order valence-electron chi connectivity index (χ3n) is 1.72. The van der Waals surface area contributed by atoms with Crippen LogP contribution in [0.2, 0.25) is 0 Å². The average molecular weight is 259 g/mol. The zero-order valence-electron chi connectivity index (χ0n) is 5.90. The van der Waals surface area contributed by atoms with E-state index in [0.717, 1.165) is 5.92 Å². The lowest BCUT2D eigenvalue weighted by Crippen LogP contribution is -3.00. The molecule has 0 atom stereocenters. The van der Waals surface area contributed by atoms with Crippen molar-refractivity contribution < 1.29 is 21.5 Å². The molecule has 1 fully saturated rings. The van der Waals surface area contributed by atoms with Gasteiger partial charge in [-0.05, 0) is 0 Å². The highest BCUT2D eigenvalue weighted by molar-refractivity contribution is 9.09. The molecule has 1 aliphatic rings. The van der Waals surface area contributed by atoms with Crippen molar-refractivity contribution in [3.8, 4) is 0 Å². The lowest BCUT2D eigenvalue weighted by molar-refractivity contribution is -0.937. The summed E-state index contributed by atoms with van der Waals surface area (Å²) in [6.07, 6.45) is 0. The Morgan fingerprint density at radius 3 is 2.00 bits per heavy atom. The summed E-state index contributed by atoms with van der Waals surface area (Å²) < 4.78 is 1.22. The molecule has 0 aliphatic carbocycles. The van der Waals surface area contributed by atoms with Crippen molar-refractivity contribution in [2.24, 2.45) is 5.92 Å². The quantitative estimate of drug-likeness (QED) is 0.381. The fourth-order valence-electron chi connectivity index (χ4n) is 1.44. The van der Waals surface area contributed by atoms with Gasteiger partial charge in [0.25, 0.3) is 0 Å². The van der Waals surface area contributed by atoms with Gasteiger partial charge in [-0.15, -0.1) is 0 Å². The normalized spacial score (nSPS) is 24.3. The van der Waals surface area contributed by atoms with E-state index in [0.29, 0.717) is 0 Å². The number of rotatable bonds is 1. The number of hydrogen-bond acceptors (Lipinski definition) is 0. The Morgan fingerprint density at radius 2 is 1.89 bits per heavy atom. The topological polar surface area (TPSA) is 0 Å². The standard InChI is InChI=1S/C6H13BrN.BrH/c1-8(2)4-6(3-7)5-8;/h6H,3-5H2,1-2H3;1H/q+1;/p-1. The SMILES string of the molecule is C[N+]1(C)CC(CBr)C1.[Br-]. The summed E-state index contributed by atoms with van der Waals surface area (Å²) in [5, 5.41) is 1.19. The lowest BCUT2D eigenvalue weighted by atomic mass is 10.0. The summed E-state index contributed by atoms with van der Waals surface area (Å²) >= 11 is 3.47. The molecule has 9 heavy (non-hydrogen) atoms. The van der Waals surface area contributed by atoms with Crippen molar-refractivity contribution >= 4 is 15.9 Å². The molecule has 0 aromatic heterocycles. The molecule has 0 unspecified atom stereocenters. The summed E-state index contributed by atoms with van der Waals surface area (Å²) in [5.41, 5.74) is 0. The van der Waals surface area contributed by atoms with Gasteiger partial charge >= 0.3 is 0 Å². The van der Waals surface area contributed by atoms with Crippen LogP contribution in [-0.4, -0.2) is 37.0 Å². The van der Waals surface area contributed by atoms with Gasteiger partial charge in [0, 0.05) is 5.33 Å². The van der Waals surface area contributed by atoms with Gasteiger partial charge in [0.05, 0.1) is 33.1 Å². The zero-order chi connectivity index (χ0) is 6.20. The molecule has 0 saturated carbocycles. The molecule has 0 bridgehead atoms. The molecule has 1 aliphatic heterocycles. The lowest BCUT2D eigenvalue weighted by Gasteiger charge is -2.43. The molecule has 0 N–H and O–H groups in total. The van der Waals surface area contributed by atoms with Crippen LogP contribution in [0.15, 0.2) is 0 Å². The number of nitrogens with zero attached hydrogens (tertiary/aromatic N) is 1. The fraction of sp³-hybridized carbons (Fsp3) is 1.00. The molecule has 1 saturated heterocycles. The van der Waals surface area contributed by atoms with Gasteiger partial charge in [0.15, 0.2) is 0 Å². The van der Waals surface area contributed by atoms with Gasteiger partial charge in [-0.2, -0.15) is 0 Å². The number of quaternary nitrogens is 1. The van der Waals surface area contributed by atoms with Crippen molar-refractivity contribution in [2.45, 2.75) is 0 Å². The Hall–Kier alpha value is 0.920. The second-order valence-electron chi connectivity index (χ2n) is 3.32. The second-order valence-corrected chi connectivity index (χ2v) is 3.97.